The van der Waals surface area contributed by atoms with Gasteiger partial charge in [0.25, 0.3) is 0 Å². The Hall–Kier alpha value is -3.28. The number of benzene rings is 1. The first kappa shape index (κ1) is 16.6. The zero-order chi connectivity index (χ0) is 17.6. The van der Waals surface area contributed by atoms with E-state index in [-0.39, 0.29) is 5.91 Å². The molecule has 6 heteroatoms. The van der Waals surface area contributed by atoms with Gasteiger partial charge < -0.3 is 19.0 Å². The van der Waals surface area contributed by atoms with Crippen molar-refractivity contribution in [2.45, 2.75) is 6.04 Å². The number of imidazole rings is 1. The van der Waals surface area contributed by atoms with Gasteiger partial charge in [-0.3, -0.25) is 4.79 Å². The van der Waals surface area contributed by atoms with Gasteiger partial charge in [0.05, 0.1) is 13.4 Å². The van der Waals surface area contributed by atoms with Crippen molar-refractivity contribution in [1.29, 1.82) is 0 Å². The molecule has 1 atom stereocenters. The molecule has 0 aliphatic rings. The van der Waals surface area contributed by atoms with E-state index in [0.29, 0.717) is 17.3 Å². The summed E-state index contributed by atoms with van der Waals surface area (Å²) in [6, 6.07) is 10.7. The van der Waals surface area contributed by atoms with Crippen molar-refractivity contribution in [2.24, 2.45) is 7.05 Å². The highest BCUT2D eigenvalue weighted by Gasteiger charge is 2.23. The Morgan fingerprint density at radius 3 is 2.84 bits per heavy atom. The lowest BCUT2D eigenvalue weighted by Gasteiger charge is -2.20. The molecule has 0 saturated carbocycles. The van der Waals surface area contributed by atoms with E-state index in [1.807, 2.05) is 42.1 Å². The highest BCUT2D eigenvalue weighted by atomic mass is 16.5. The van der Waals surface area contributed by atoms with Gasteiger partial charge in [-0.2, -0.15) is 0 Å². The summed E-state index contributed by atoms with van der Waals surface area (Å²) in [5, 5.41) is 2.98. The number of amides is 1. The average Bonchev–Trinajstić information content (AvgIpc) is 3.29. The van der Waals surface area contributed by atoms with Gasteiger partial charge >= 0.3 is 0 Å². The molecule has 1 amide bonds. The molecule has 0 aliphatic heterocycles. The van der Waals surface area contributed by atoms with E-state index in [2.05, 4.69) is 10.3 Å². The number of carbonyl (C=O) groups excluding carboxylic acids is 1. The molecule has 0 bridgehead atoms. The summed E-state index contributed by atoms with van der Waals surface area (Å²) in [5.74, 6) is 1.76. The second kappa shape index (κ2) is 7.53. The molecule has 1 unspecified atom stereocenters. The summed E-state index contributed by atoms with van der Waals surface area (Å²) >= 11 is 0. The Bertz CT molecular complexity index is 866. The maximum absolute atomic E-state index is 12.4. The van der Waals surface area contributed by atoms with Crippen LogP contribution in [0.4, 0.5) is 0 Å². The van der Waals surface area contributed by atoms with Crippen LogP contribution in [0.25, 0.3) is 6.08 Å². The normalized spacial score (nSPS) is 12.2. The standard InChI is InChI=1S/C19H19N3O3/c1-22-12-11-20-19(22)18(15-7-3-4-8-16(15)24-2)21-17(23)10-9-14-6-5-13-25-14/h3-13,18H,1-2H3,(H,21,23)/b10-9+. The number of hydrogen-bond donors (Lipinski definition) is 1. The lowest BCUT2D eigenvalue weighted by atomic mass is 10.0. The largest absolute Gasteiger partial charge is 0.496 e. The van der Waals surface area contributed by atoms with E-state index < -0.39 is 6.04 Å². The third kappa shape index (κ3) is 3.80. The van der Waals surface area contributed by atoms with Crippen LogP contribution in [0.15, 0.2) is 65.5 Å². The predicted molar refractivity (Wildman–Crippen MR) is 93.9 cm³/mol. The molecule has 1 aromatic carbocycles. The first-order chi connectivity index (χ1) is 12.2. The Labute approximate surface area is 145 Å². The molecule has 2 heterocycles. The van der Waals surface area contributed by atoms with Crippen LogP contribution in [0.3, 0.4) is 0 Å². The number of aromatic nitrogens is 2. The van der Waals surface area contributed by atoms with Gasteiger partial charge in [-0.1, -0.05) is 18.2 Å². The lowest BCUT2D eigenvalue weighted by molar-refractivity contribution is -0.117. The summed E-state index contributed by atoms with van der Waals surface area (Å²) in [6.07, 6.45) is 8.14. The molecule has 0 aliphatic carbocycles. The van der Waals surface area contributed by atoms with Gasteiger partial charge in [0.15, 0.2) is 0 Å². The molecule has 3 aromatic rings. The maximum atomic E-state index is 12.4. The fraction of sp³-hybridized carbons (Fsp3) is 0.158. The Balaban J connectivity index is 1.89. The average molecular weight is 337 g/mol. The van der Waals surface area contributed by atoms with Crippen molar-refractivity contribution in [3.05, 3.63) is 78.3 Å². The first-order valence-corrected chi connectivity index (χ1v) is 7.81. The quantitative estimate of drug-likeness (QED) is 0.702. The Morgan fingerprint density at radius 1 is 1.32 bits per heavy atom. The van der Waals surface area contributed by atoms with Crippen LogP contribution in [0.5, 0.6) is 5.75 Å². The summed E-state index contributed by atoms with van der Waals surface area (Å²) in [4.78, 5) is 16.8. The van der Waals surface area contributed by atoms with Crippen molar-refractivity contribution < 1.29 is 13.9 Å². The number of rotatable bonds is 6. The fourth-order valence-corrected chi connectivity index (χ4v) is 2.58. The van der Waals surface area contributed by atoms with Gasteiger partial charge in [0.2, 0.25) is 5.91 Å². The summed E-state index contributed by atoms with van der Waals surface area (Å²) < 4.78 is 12.5. The van der Waals surface area contributed by atoms with E-state index in [1.54, 1.807) is 37.8 Å². The molecule has 3 rings (SSSR count). The van der Waals surface area contributed by atoms with Crippen LogP contribution >= 0.6 is 0 Å². The van der Waals surface area contributed by atoms with Gasteiger partial charge in [-0.05, 0) is 24.3 Å². The van der Waals surface area contributed by atoms with E-state index in [0.717, 1.165) is 5.56 Å². The molecule has 0 radical (unpaired) electrons. The topological polar surface area (TPSA) is 69.3 Å². The van der Waals surface area contributed by atoms with Crippen molar-refractivity contribution >= 4 is 12.0 Å². The second-order valence-electron chi connectivity index (χ2n) is 5.43. The number of aryl methyl sites for hydroxylation is 1. The summed E-state index contributed by atoms with van der Waals surface area (Å²) in [6.45, 7) is 0. The molecule has 1 N–H and O–H groups in total. The number of nitrogens with zero attached hydrogens (tertiary/aromatic N) is 2. The molecule has 6 nitrogen and oxygen atoms in total. The zero-order valence-corrected chi connectivity index (χ0v) is 14.0. The number of ether oxygens (including phenoxy) is 1. The third-order valence-electron chi connectivity index (χ3n) is 3.80. The summed E-state index contributed by atoms with van der Waals surface area (Å²) in [7, 11) is 3.49. The van der Waals surface area contributed by atoms with E-state index in [1.165, 1.54) is 6.08 Å². The molecular weight excluding hydrogens is 318 g/mol. The first-order valence-electron chi connectivity index (χ1n) is 7.81. The fourth-order valence-electron chi connectivity index (χ4n) is 2.58. The van der Waals surface area contributed by atoms with E-state index >= 15 is 0 Å². The number of para-hydroxylation sites is 1. The third-order valence-corrected chi connectivity index (χ3v) is 3.80. The minimum atomic E-state index is -0.440. The lowest BCUT2D eigenvalue weighted by Crippen LogP contribution is -2.30. The SMILES string of the molecule is COc1ccccc1C(NC(=O)/C=C/c1ccco1)c1nccn1C. The van der Waals surface area contributed by atoms with Crippen molar-refractivity contribution in [2.75, 3.05) is 7.11 Å². The van der Waals surface area contributed by atoms with Gasteiger partial charge in [-0.25, -0.2) is 4.98 Å². The highest BCUT2D eigenvalue weighted by molar-refractivity contribution is 5.91. The van der Waals surface area contributed by atoms with Crippen LogP contribution in [0, 0.1) is 0 Å². The number of carbonyl (C=O) groups is 1. The van der Waals surface area contributed by atoms with Crippen molar-refractivity contribution in [1.82, 2.24) is 14.9 Å². The van der Waals surface area contributed by atoms with Crippen LogP contribution in [-0.4, -0.2) is 22.6 Å². The molecular formula is C19H19N3O3. The molecule has 0 saturated heterocycles. The van der Waals surface area contributed by atoms with Gasteiger partial charge in [-0.15, -0.1) is 0 Å². The molecule has 0 fully saturated rings. The Morgan fingerprint density at radius 2 is 2.16 bits per heavy atom. The zero-order valence-electron chi connectivity index (χ0n) is 14.0. The monoisotopic (exact) mass is 337 g/mol. The molecule has 128 valence electrons. The van der Waals surface area contributed by atoms with Gasteiger partial charge in [0.1, 0.15) is 23.4 Å². The minimum Gasteiger partial charge on any atom is -0.496 e. The van der Waals surface area contributed by atoms with Crippen LogP contribution in [-0.2, 0) is 11.8 Å². The van der Waals surface area contributed by atoms with Crippen LogP contribution in [0.1, 0.15) is 23.2 Å². The van der Waals surface area contributed by atoms with Gasteiger partial charge in [0, 0.05) is 31.1 Å². The molecule has 0 spiro atoms. The number of furan rings is 1. The summed E-state index contributed by atoms with van der Waals surface area (Å²) in [5.41, 5.74) is 0.832. The minimum absolute atomic E-state index is 0.254. The molecule has 2 aromatic heterocycles. The maximum Gasteiger partial charge on any atom is 0.244 e. The number of hydrogen-bond acceptors (Lipinski definition) is 4. The van der Waals surface area contributed by atoms with Crippen molar-refractivity contribution in [3.8, 4) is 5.75 Å². The van der Waals surface area contributed by atoms with Crippen molar-refractivity contribution in [3.63, 3.8) is 0 Å². The Kier molecular flexibility index (Phi) is 4.99. The second-order valence-corrected chi connectivity index (χ2v) is 5.43. The van der Waals surface area contributed by atoms with E-state index in [9.17, 15) is 4.79 Å². The van der Waals surface area contributed by atoms with Crippen LogP contribution in [0.2, 0.25) is 0 Å². The molecule has 25 heavy (non-hydrogen) atoms. The smallest absolute Gasteiger partial charge is 0.244 e. The van der Waals surface area contributed by atoms with Crippen LogP contribution < -0.4 is 10.1 Å². The highest BCUT2D eigenvalue weighted by Crippen LogP contribution is 2.28. The predicted octanol–water partition coefficient (Wildman–Crippen LogP) is 2.94. The van der Waals surface area contributed by atoms with E-state index in [4.69, 9.17) is 9.15 Å². The number of methoxy groups -OCH3 is 1. The number of nitrogens with one attached hydrogen (secondary N) is 1.